The summed E-state index contributed by atoms with van der Waals surface area (Å²) in [5, 5.41) is 0. The highest BCUT2D eigenvalue weighted by Crippen LogP contribution is 2.28. The molecule has 1 aliphatic rings. The van der Waals surface area contributed by atoms with Gasteiger partial charge in [0.1, 0.15) is 0 Å². The molecule has 1 aliphatic carbocycles. The maximum Gasteiger partial charge on any atom is 0.279 e. The van der Waals surface area contributed by atoms with Gasteiger partial charge in [-0.25, -0.2) is 4.98 Å². The Bertz CT molecular complexity index is 1010. The number of amides is 2. The molecule has 4 rings (SSSR count). The maximum atomic E-state index is 12.4. The molecule has 0 saturated heterocycles. The van der Waals surface area contributed by atoms with Crippen LogP contribution in [0.1, 0.15) is 57.2 Å². The summed E-state index contributed by atoms with van der Waals surface area (Å²) in [7, 11) is 0. The van der Waals surface area contributed by atoms with Gasteiger partial charge in [-0.15, -0.1) is 11.3 Å². The second-order valence-electron chi connectivity index (χ2n) is 7.61. The number of hydrogen-bond acceptors (Lipinski definition) is 5. The van der Waals surface area contributed by atoms with E-state index < -0.39 is 0 Å². The third-order valence-corrected chi connectivity index (χ3v) is 6.48. The van der Waals surface area contributed by atoms with Crippen LogP contribution >= 0.6 is 11.3 Å². The van der Waals surface area contributed by atoms with Crippen molar-refractivity contribution < 1.29 is 14.0 Å². The molecule has 1 aromatic carbocycles. The number of nitrogens with zero attached hydrogens (tertiary/aromatic N) is 1. The van der Waals surface area contributed by atoms with E-state index in [1.807, 2.05) is 37.3 Å². The lowest BCUT2D eigenvalue weighted by atomic mass is 10.1. The van der Waals surface area contributed by atoms with Crippen LogP contribution in [0.2, 0.25) is 0 Å². The molecule has 2 amide bonds. The fraction of sp³-hybridized carbons (Fsp3) is 0.348. The van der Waals surface area contributed by atoms with E-state index in [9.17, 15) is 9.59 Å². The molecule has 0 spiro atoms. The van der Waals surface area contributed by atoms with Gasteiger partial charge in [0, 0.05) is 23.3 Å². The van der Waals surface area contributed by atoms with E-state index in [0.717, 1.165) is 18.4 Å². The minimum absolute atomic E-state index is 0.176. The van der Waals surface area contributed by atoms with Crippen LogP contribution in [0.25, 0.3) is 11.3 Å². The maximum absolute atomic E-state index is 12.4. The van der Waals surface area contributed by atoms with Gasteiger partial charge in [0.2, 0.25) is 5.91 Å². The molecule has 156 valence electrons. The van der Waals surface area contributed by atoms with Crippen molar-refractivity contribution >= 4 is 23.2 Å². The number of thiophene rings is 1. The highest BCUT2D eigenvalue weighted by molar-refractivity contribution is 7.14. The highest BCUT2D eigenvalue weighted by Gasteiger charge is 2.17. The Morgan fingerprint density at radius 2 is 1.90 bits per heavy atom. The average Bonchev–Trinajstić information content (AvgIpc) is 3.33. The predicted molar refractivity (Wildman–Crippen MR) is 116 cm³/mol. The number of benzene rings is 1. The number of aromatic nitrogens is 1. The Balaban J connectivity index is 1.25. The van der Waals surface area contributed by atoms with Gasteiger partial charge in [0.05, 0.1) is 11.1 Å². The third kappa shape index (κ3) is 4.97. The first kappa shape index (κ1) is 20.3. The monoisotopic (exact) mass is 423 g/mol. The molecule has 0 radical (unpaired) electrons. The number of carbonyl (C=O) groups is 2. The summed E-state index contributed by atoms with van der Waals surface area (Å²) >= 11 is 1.53. The van der Waals surface area contributed by atoms with E-state index in [1.54, 1.807) is 6.20 Å². The van der Waals surface area contributed by atoms with Crippen LogP contribution in [0.3, 0.4) is 0 Å². The molecule has 2 aromatic heterocycles. The lowest BCUT2D eigenvalue weighted by Crippen LogP contribution is -2.41. The number of hydrazine groups is 1. The van der Waals surface area contributed by atoms with Crippen molar-refractivity contribution in [2.24, 2.45) is 0 Å². The van der Waals surface area contributed by atoms with Gasteiger partial charge in [-0.2, -0.15) is 0 Å². The molecule has 0 fully saturated rings. The van der Waals surface area contributed by atoms with Gasteiger partial charge in [-0.1, -0.05) is 36.2 Å². The van der Waals surface area contributed by atoms with Crippen molar-refractivity contribution in [3.05, 3.63) is 63.3 Å². The Morgan fingerprint density at radius 1 is 1.10 bits per heavy atom. The lowest BCUT2D eigenvalue weighted by molar-refractivity contribution is -0.121. The van der Waals surface area contributed by atoms with Gasteiger partial charge in [0.25, 0.3) is 5.91 Å². The molecular weight excluding hydrogens is 398 g/mol. The van der Waals surface area contributed by atoms with E-state index >= 15 is 0 Å². The fourth-order valence-electron chi connectivity index (χ4n) is 3.53. The molecule has 6 nitrogen and oxygen atoms in total. The molecule has 3 aromatic rings. The molecule has 30 heavy (non-hydrogen) atoms. The van der Waals surface area contributed by atoms with Gasteiger partial charge >= 0.3 is 0 Å². The van der Waals surface area contributed by atoms with Crippen molar-refractivity contribution in [3.63, 3.8) is 0 Å². The van der Waals surface area contributed by atoms with Crippen LogP contribution in [0.5, 0.6) is 0 Å². The number of carbonyl (C=O) groups excluding carboxylic acids is 2. The zero-order valence-corrected chi connectivity index (χ0v) is 17.8. The molecule has 0 bridgehead atoms. The second kappa shape index (κ2) is 9.26. The lowest BCUT2D eigenvalue weighted by Gasteiger charge is -2.05. The first-order valence-electron chi connectivity index (χ1n) is 10.3. The Morgan fingerprint density at radius 3 is 2.73 bits per heavy atom. The topological polar surface area (TPSA) is 84.2 Å². The van der Waals surface area contributed by atoms with Crippen LogP contribution in [0.4, 0.5) is 0 Å². The summed E-state index contributed by atoms with van der Waals surface area (Å²) in [5.74, 6) is 0.626. The van der Waals surface area contributed by atoms with Crippen LogP contribution in [0, 0.1) is 6.92 Å². The molecule has 0 atom stereocenters. The Labute approximate surface area is 179 Å². The fourth-order valence-corrected chi connectivity index (χ4v) is 4.68. The SMILES string of the molecule is Cc1ccc(-c2cnc(CCC(=O)NNC(=O)c3cc4c(s3)CCCCC4)o2)cc1. The largest absolute Gasteiger partial charge is 0.441 e. The zero-order chi connectivity index (χ0) is 20.9. The number of hydrogen-bond donors (Lipinski definition) is 2. The molecule has 2 N–H and O–H groups in total. The van der Waals surface area contributed by atoms with E-state index in [-0.39, 0.29) is 18.2 Å². The van der Waals surface area contributed by atoms with Crippen molar-refractivity contribution in [2.75, 3.05) is 0 Å². The normalized spacial score (nSPS) is 13.4. The first-order chi connectivity index (χ1) is 14.6. The van der Waals surface area contributed by atoms with Crippen molar-refractivity contribution in [2.45, 2.75) is 51.9 Å². The van der Waals surface area contributed by atoms with Gasteiger partial charge in [0.15, 0.2) is 11.7 Å². The van der Waals surface area contributed by atoms with E-state index in [1.165, 1.54) is 46.6 Å². The van der Waals surface area contributed by atoms with E-state index in [0.29, 0.717) is 22.9 Å². The smallest absolute Gasteiger partial charge is 0.279 e. The van der Waals surface area contributed by atoms with Crippen LogP contribution in [0.15, 0.2) is 40.9 Å². The molecule has 0 unspecified atom stereocenters. The summed E-state index contributed by atoms with van der Waals surface area (Å²) < 4.78 is 5.73. The minimum Gasteiger partial charge on any atom is -0.441 e. The van der Waals surface area contributed by atoms with Gasteiger partial charge in [-0.05, 0) is 44.2 Å². The molecule has 7 heteroatoms. The van der Waals surface area contributed by atoms with Crippen molar-refractivity contribution in [1.29, 1.82) is 0 Å². The van der Waals surface area contributed by atoms with E-state index in [2.05, 4.69) is 15.8 Å². The minimum atomic E-state index is -0.281. The number of fused-ring (bicyclic) bond motifs is 1. The summed E-state index contributed by atoms with van der Waals surface area (Å²) in [5.41, 5.74) is 8.41. The van der Waals surface area contributed by atoms with E-state index in [4.69, 9.17) is 4.42 Å². The van der Waals surface area contributed by atoms with Gasteiger partial charge < -0.3 is 4.42 Å². The quantitative estimate of drug-likeness (QED) is 0.471. The average molecular weight is 424 g/mol. The summed E-state index contributed by atoms with van der Waals surface area (Å²) in [6, 6.07) is 9.95. The predicted octanol–water partition coefficient (Wildman–Crippen LogP) is 4.37. The summed E-state index contributed by atoms with van der Waals surface area (Å²) in [6.45, 7) is 2.03. The van der Waals surface area contributed by atoms with Crippen LogP contribution < -0.4 is 10.9 Å². The number of nitrogens with one attached hydrogen (secondary N) is 2. The van der Waals surface area contributed by atoms with Gasteiger partial charge in [-0.3, -0.25) is 20.4 Å². The molecule has 2 heterocycles. The van der Waals surface area contributed by atoms with Crippen molar-refractivity contribution in [3.8, 4) is 11.3 Å². The number of oxazole rings is 1. The zero-order valence-electron chi connectivity index (χ0n) is 17.0. The number of rotatable bonds is 5. The summed E-state index contributed by atoms with van der Waals surface area (Å²) in [4.78, 5) is 30.7. The third-order valence-electron chi connectivity index (χ3n) is 5.24. The Hall–Kier alpha value is -2.93. The second-order valence-corrected chi connectivity index (χ2v) is 8.74. The van der Waals surface area contributed by atoms with Crippen LogP contribution in [-0.4, -0.2) is 16.8 Å². The highest BCUT2D eigenvalue weighted by atomic mass is 32.1. The number of aryl methyl sites for hydroxylation is 4. The van der Waals surface area contributed by atoms with Crippen LogP contribution in [-0.2, 0) is 24.1 Å². The first-order valence-corrected chi connectivity index (χ1v) is 11.1. The standard InChI is InChI=1S/C23H25N3O3S/c1-15-7-9-16(10-8-15)18-14-24-22(29-18)12-11-21(27)25-26-23(28)20-13-17-5-3-2-4-6-19(17)30-20/h7-10,13-14H,2-6,11-12H2,1H3,(H,25,27)(H,26,28). The molecule has 0 aliphatic heterocycles. The van der Waals surface area contributed by atoms with Crippen molar-refractivity contribution in [1.82, 2.24) is 15.8 Å². The molecule has 0 saturated carbocycles. The Kier molecular flexibility index (Phi) is 6.28. The molecular formula is C23H25N3O3S. The summed E-state index contributed by atoms with van der Waals surface area (Å²) in [6.07, 6.45) is 7.88.